The molecule has 1 aliphatic rings. The highest BCUT2D eigenvalue weighted by molar-refractivity contribution is 7.12. The van der Waals surface area contributed by atoms with Gasteiger partial charge in [0, 0.05) is 26.2 Å². The predicted molar refractivity (Wildman–Crippen MR) is 89.8 cm³/mol. The Balaban J connectivity index is 1.72. The van der Waals surface area contributed by atoms with E-state index in [1.54, 1.807) is 19.2 Å². The zero-order valence-electron chi connectivity index (χ0n) is 13.3. The highest BCUT2D eigenvalue weighted by Gasteiger charge is 2.24. The number of aryl methyl sites for hydroxylation is 1. The van der Waals surface area contributed by atoms with E-state index in [9.17, 15) is 9.59 Å². The van der Waals surface area contributed by atoms with E-state index in [0.717, 1.165) is 25.9 Å². The fourth-order valence-corrected chi connectivity index (χ4v) is 3.43. The molecule has 0 aliphatic carbocycles. The first-order valence-corrected chi connectivity index (χ1v) is 8.60. The summed E-state index contributed by atoms with van der Waals surface area (Å²) in [6, 6.07) is 5.24. The maximum atomic E-state index is 12.6. The van der Waals surface area contributed by atoms with Crippen molar-refractivity contribution in [2.45, 2.75) is 19.8 Å². The van der Waals surface area contributed by atoms with Crippen LogP contribution in [0.25, 0.3) is 0 Å². The lowest BCUT2D eigenvalue weighted by molar-refractivity contribution is 0.0676. The summed E-state index contributed by atoms with van der Waals surface area (Å²) < 4.78 is 1.53. The molecule has 2 aromatic rings. The van der Waals surface area contributed by atoms with Gasteiger partial charge in [-0.05, 0) is 30.2 Å². The van der Waals surface area contributed by atoms with E-state index >= 15 is 0 Å². The molecule has 23 heavy (non-hydrogen) atoms. The van der Waals surface area contributed by atoms with Crippen LogP contribution >= 0.6 is 11.3 Å². The molecule has 7 heteroatoms. The van der Waals surface area contributed by atoms with Crippen molar-refractivity contribution in [3.8, 4) is 0 Å². The smallest absolute Gasteiger partial charge is 0.274 e. The second kappa shape index (κ2) is 6.54. The fourth-order valence-electron chi connectivity index (χ4n) is 2.81. The van der Waals surface area contributed by atoms with Gasteiger partial charge in [-0.25, -0.2) is 0 Å². The van der Waals surface area contributed by atoms with Crippen molar-refractivity contribution in [1.29, 1.82) is 0 Å². The van der Waals surface area contributed by atoms with Crippen LogP contribution < -0.4 is 5.32 Å². The van der Waals surface area contributed by atoms with E-state index in [-0.39, 0.29) is 11.8 Å². The molecule has 1 aliphatic heterocycles. The molecular formula is C16H20N4O2S. The summed E-state index contributed by atoms with van der Waals surface area (Å²) in [5, 5.41) is 8.91. The second-order valence-corrected chi connectivity index (χ2v) is 6.92. The Hall–Kier alpha value is -2.15. The van der Waals surface area contributed by atoms with Crippen molar-refractivity contribution in [2.24, 2.45) is 13.0 Å². The number of hydrogen-bond donors (Lipinski definition) is 1. The number of nitrogens with zero attached hydrogens (tertiary/aromatic N) is 3. The van der Waals surface area contributed by atoms with Crippen LogP contribution in [0.5, 0.6) is 0 Å². The standard InChI is InChI=1S/C16H20N4O2S/c1-11-5-3-7-20(10-11)16(22)12-9-14(19(2)18-12)17-15(21)13-6-4-8-23-13/h4,6,8-9,11H,3,5,7,10H2,1-2H3,(H,17,21)/t11-/m0/s1. The molecule has 1 fully saturated rings. The second-order valence-electron chi connectivity index (χ2n) is 5.97. The fraction of sp³-hybridized carbons (Fsp3) is 0.438. The molecule has 2 aromatic heterocycles. The molecule has 0 radical (unpaired) electrons. The maximum Gasteiger partial charge on any atom is 0.274 e. The molecule has 1 saturated heterocycles. The number of likely N-dealkylation sites (tertiary alicyclic amines) is 1. The minimum atomic E-state index is -0.186. The van der Waals surface area contributed by atoms with E-state index in [4.69, 9.17) is 0 Å². The van der Waals surface area contributed by atoms with Crippen LogP contribution in [-0.4, -0.2) is 39.6 Å². The van der Waals surface area contributed by atoms with Gasteiger partial charge in [-0.3, -0.25) is 14.3 Å². The Morgan fingerprint density at radius 3 is 2.96 bits per heavy atom. The number of thiophene rings is 1. The van der Waals surface area contributed by atoms with Crippen LogP contribution in [0.3, 0.4) is 0 Å². The molecule has 6 nitrogen and oxygen atoms in total. The van der Waals surface area contributed by atoms with Crippen LogP contribution in [0.1, 0.15) is 39.9 Å². The first kappa shape index (κ1) is 15.7. The number of rotatable bonds is 3. The third-order valence-corrected chi connectivity index (χ3v) is 4.90. The summed E-state index contributed by atoms with van der Waals surface area (Å²) in [4.78, 5) is 27.2. The van der Waals surface area contributed by atoms with Crippen LogP contribution in [0.2, 0.25) is 0 Å². The molecule has 0 saturated carbocycles. The zero-order chi connectivity index (χ0) is 16.4. The Bertz CT molecular complexity index is 708. The molecule has 0 aromatic carbocycles. The Labute approximate surface area is 139 Å². The average Bonchev–Trinajstić information content (AvgIpc) is 3.17. The maximum absolute atomic E-state index is 12.6. The number of aromatic nitrogens is 2. The summed E-state index contributed by atoms with van der Waals surface area (Å²) in [5.41, 5.74) is 0.378. The number of carbonyl (C=O) groups is 2. The van der Waals surface area contributed by atoms with E-state index in [0.29, 0.717) is 22.3 Å². The number of amides is 2. The van der Waals surface area contributed by atoms with Crippen molar-refractivity contribution < 1.29 is 9.59 Å². The molecule has 3 rings (SSSR count). The van der Waals surface area contributed by atoms with Crippen molar-refractivity contribution >= 4 is 29.0 Å². The highest BCUT2D eigenvalue weighted by atomic mass is 32.1. The monoisotopic (exact) mass is 332 g/mol. The third-order valence-electron chi connectivity index (χ3n) is 4.03. The molecule has 1 N–H and O–H groups in total. The van der Waals surface area contributed by atoms with Gasteiger partial charge in [-0.1, -0.05) is 13.0 Å². The molecule has 0 spiro atoms. The van der Waals surface area contributed by atoms with Gasteiger partial charge in [0.25, 0.3) is 11.8 Å². The molecule has 1 atom stereocenters. The van der Waals surface area contributed by atoms with Gasteiger partial charge in [-0.15, -0.1) is 11.3 Å². The molecule has 122 valence electrons. The first-order chi connectivity index (χ1) is 11.0. The lowest BCUT2D eigenvalue weighted by Crippen LogP contribution is -2.39. The highest BCUT2D eigenvalue weighted by Crippen LogP contribution is 2.19. The topological polar surface area (TPSA) is 67.2 Å². The average molecular weight is 332 g/mol. The van der Waals surface area contributed by atoms with Gasteiger partial charge in [0.15, 0.2) is 5.69 Å². The quantitative estimate of drug-likeness (QED) is 0.939. The predicted octanol–water partition coefficient (Wildman–Crippen LogP) is 2.61. The molecule has 0 bridgehead atoms. The molecule has 2 amide bonds. The van der Waals surface area contributed by atoms with E-state index in [1.807, 2.05) is 16.3 Å². The lowest BCUT2D eigenvalue weighted by atomic mass is 10.00. The zero-order valence-corrected chi connectivity index (χ0v) is 14.1. The Morgan fingerprint density at radius 1 is 1.43 bits per heavy atom. The van der Waals surface area contributed by atoms with Gasteiger partial charge in [0.05, 0.1) is 4.88 Å². The minimum absolute atomic E-state index is 0.0660. The van der Waals surface area contributed by atoms with E-state index in [1.165, 1.54) is 16.0 Å². The lowest BCUT2D eigenvalue weighted by Gasteiger charge is -2.30. The number of carbonyl (C=O) groups excluding carboxylic acids is 2. The number of piperidine rings is 1. The third kappa shape index (κ3) is 3.44. The summed E-state index contributed by atoms with van der Waals surface area (Å²) in [7, 11) is 1.72. The van der Waals surface area contributed by atoms with Gasteiger partial charge in [-0.2, -0.15) is 5.10 Å². The van der Waals surface area contributed by atoms with Gasteiger partial charge in [0.2, 0.25) is 0 Å². The molecule has 0 unspecified atom stereocenters. The molecule has 3 heterocycles. The molecular weight excluding hydrogens is 312 g/mol. The van der Waals surface area contributed by atoms with E-state index < -0.39 is 0 Å². The van der Waals surface area contributed by atoms with Crippen molar-refractivity contribution in [3.63, 3.8) is 0 Å². The van der Waals surface area contributed by atoms with Crippen molar-refractivity contribution in [2.75, 3.05) is 18.4 Å². The van der Waals surface area contributed by atoms with Crippen LogP contribution in [0.15, 0.2) is 23.6 Å². The minimum Gasteiger partial charge on any atom is -0.337 e. The number of anilines is 1. The van der Waals surface area contributed by atoms with E-state index in [2.05, 4.69) is 17.3 Å². The first-order valence-electron chi connectivity index (χ1n) is 7.73. The largest absolute Gasteiger partial charge is 0.337 e. The van der Waals surface area contributed by atoms with Crippen LogP contribution in [0, 0.1) is 5.92 Å². The van der Waals surface area contributed by atoms with Crippen LogP contribution in [0.4, 0.5) is 5.82 Å². The van der Waals surface area contributed by atoms with Gasteiger partial charge in [0.1, 0.15) is 5.82 Å². The normalized spacial score (nSPS) is 18.0. The SMILES string of the molecule is C[C@H]1CCCN(C(=O)c2cc(NC(=O)c3cccs3)n(C)n2)C1. The van der Waals surface area contributed by atoms with Crippen molar-refractivity contribution in [3.05, 3.63) is 34.2 Å². The van der Waals surface area contributed by atoms with Crippen LogP contribution in [-0.2, 0) is 7.05 Å². The van der Waals surface area contributed by atoms with Gasteiger partial charge < -0.3 is 10.2 Å². The van der Waals surface area contributed by atoms with Gasteiger partial charge >= 0.3 is 0 Å². The number of hydrogen-bond acceptors (Lipinski definition) is 4. The summed E-state index contributed by atoms with van der Waals surface area (Å²) in [6.45, 7) is 3.70. The Kier molecular flexibility index (Phi) is 4.47. The summed E-state index contributed by atoms with van der Waals surface area (Å²) in [6.07, 6.45) is 2.19. The summed E-state index contributed by atoms with van der Waals surface area (Å²) in [5.74, 6) is 0.795. The Morgan fingerprint density at radius 2 is 2.26 bits per heavy atom. The van der Waals surface area contributed by atoms with Crippen molar-refractivity contribution in [1.82, 2.24) is 14.7 Å². The number of nitrogens with one attached hydrogen (secondary N) is 1. The summed E-state index contributed by atoms with van der Waals surface area (Å²) >= 11 is 1.38.